The molecule has 0 fully saturated rings. The Morgan fingerprint density at radius 1 is 0.920 bits per heavy atom. The molecule has 3 aromatic carbocycles. The van der Waals surface area contributed by atoms with Gasteiger partial charge in [0.1, 0.15) is 5.75 Å². The number of halogens is 4. The maximum atomic E-state index is 13.3. The highest BCUT2D eigenvalue weighted by Gasteiger charge is 2.40. The van der Waals surface area contributed by atoms with Crippen molar-refractivity contribution in [3.63, 3.8) is 0 Å². The normalized spacial score (nSPS) is 17.0. The maximum Gasteiger partial charge on any atom is 0.449 e. The van der Waals surface area contributed by atoms with Crippen LogP contribution in [0.15, 0.2) is 77.0 Å². The molecule has 1 atom stereocenters. The molecule has 3 aromatic rings. The van der Waals surface area contributed by atoms with Gasteiger partial charge in [0.2, 0.25) is 5.76 Å². The Morgan fingerprint density at radius 2 is 1.68 bits per heavy atom. The van der Waals surface area contributed by atoms with E-state index in [4.69, 9.17) is 4.74 Å². The molecule has 1 aliphatic rings. The first kappa shape index (κ1) is 16.2. The number of allylic oxidation sites excluding steroid dienone is 2. The number of fused-ring (bicyclic) bond motifs is 3. The highest BCUT2D eigenvalue weighted by molar-refractivity contribution is 9.10. The van der Waals surface area contributed by atoms with Crippen LogP contribution in [-0.2, 0) is 0 Å². The Hall–Kier alpha value is -2.27. The van der Waals surface area contributed by atoms with Gasteiger partial charge >= 0.3 is 6.18 Å². The molecule has 0 aromatic heterocycles. The van der Waals surface area contributed by atoms with Crippen molar-refractivity contribution in [3.8, 4) is 5.75 Å². The van der Waals surface area contributed by atoms with Crippen molar-refractivity contribution in [2.75, 3.05) is 0 Å². The molecule has 4 rings (SSSR count). The maximum absolute atomic E-state index is 13.3. The van der Waals surface area contributed by atoms with Crippen molar-refractivity contribution in [1.82, 2.24) is 0 Å². The lowest BCUT2D eigenvalue weighted by atomic mass is 9.85. The molecule has 0 aliphatic carbocycles. The molecule has 5 heteroatoms. The Labute approximate surface area is 150 Å². The Kier molecular flexibility index (Phi) is 3.84. The van der Waals surface area contributed by atoms with Gasteiger partial charge in [0.05, 0.1) is 0 Å². The van der Waals surface area contributed by atoms with Crippen LogP contribution in [0.1, 0.15) is 17.0 Å². The molecular weight excluding hydrogens is 393 g/mol. The number of alkyl halides is 3. The van der Waals surface area contributed by atoms with Crippen molar-refractivity contribution in [1.29, 1.82) is 0 Å². The molecule has 0 amide bonds. The van der Waals surface area contributed by atoms with Crippen LogP contribution in [0.2, 0.25) is 0 Å². The van der Waals surface area contributed by atoms with Crippen molar-refractivity contribution in [2.24, 2.45) is 0 Å². The molecule has 0 bridgehead atoms. The molecule has 0 spiro atoms. The Balaban J connectivity index is 1.99. The van der Waals surface area contributed by atoms with Gasteiger partial charge in [-0.3, -0.25) is 0 Å². The highest BCUT2D eigenvalue weighted by Crippen LogP contribution is 2.45. The summed E-state index contributed by atoms with van der Waals surface area (Å²) in [6, 6.07) is 18.3. The second-order valence-electron chi connectivity index (χ2n) is 5.86. The first-order valence-corrected chi connectivity index (χ1v) is 8.47. The summed E-state index contributed by atoms with van der Waals surface area (Å²) in [5.41, 5.74) is 1.55. The summed E-state index contributed by atoms with van der Waals surface area (Å²) < 4.78 is 46.0. The molecule has 25 heavy (non-hydrogen) atoms. The summed E-state index contributed by atoms with van der Waals surface area (Å²) >= 11 is 3.43. The van der Waals surface area contributed by atoms with Crippen LogP contribution in [-0.4, -0.2) is 6.18 Å². The van der Waals surface area contributed by atoms with Crippen LogP contribution >= 0.6 is 15.9 Å². The fraction of sp³-hybridized carbons (Fsp3) is 0.100. The topological polar surface area (TPSA) is 9.23 Å². The van der Waals surface area contributed by atoms with E-state index >= 15 is 0 Å². The van der Waals surface area contributed by atoms with E-state index in [0.29, 0.717) is 0 Å². The van der Waals surface area contributed by atoms with Crippen LogP contribution in [0, 0.1) is 0 Å². The molecular formula is C20H12BrF3O. The lowest BCUT2D eigenvalue weighted by Gasteiger charge is -2.27. The molecule has 0 saturated heterocycles. The van der Waals surface area contributed by atoms with Gasteiger partial charge in [0.15, 0.2) is 0 Å². The van der Waals surface area contributed by atoms with E-state index in [-0.39, 0.29) is 5.75 Å². The zero-order chi connectivity index (χ0) is 17.6. The van der Waals surface area contributed by atoms with Crippen LogP contribution < -0.4 is 4.74 Å². The number of ether oxygens (including phenoxy) is 1. The first-order chi connectivity index (χ1) is 11.9. The molecule has 1 aliphatic heterocycles. The molecule has 126 valence electrons. The second-order valence-corrected chi connectivity index (χ2v) is 6.78. The average Bonchev–Trinajstić information content (AvgIpc) is 2.60. The molecule has 1 unspecified atom stereocenters. The molecule has 0 radical (unpaired) electrons. The third-order valence-electron chi connectivity index (χ3n) is 4.27. The van der Waals surface area contributed by atoms with Crippen LogP contribution in [0.4, 0.5) is 13.2 Å². The zero-order valence-electron chi connectivity index (χ0n) is 12.8. The van der Waals surface area contributed by atoms with Crippen molar-refractivity contribution in [3.05, 3.63) is 88.1 Å². The van der Waals surface area contributed by atoms with Gasteiger partial charge in [0, 0.05) is 16.0 Å². The van der Waals surface area contributed by atoms with Crippen molar-refractivity contribution in [2.45, 2.75) is 12.1 Å². The van der Waals surface area contributed by atoms with Gasteiger partial charge in [0.25, 0.3) is 0 Å². The number of rotatable bonds is 1. The lowest BCUT2D eigenvalue weighted by Crippen LogP contribution is -2.22. The fourth-order valence-corrected chi connectivity index (χ4v) is 3.56. The molecule has 0 N–H and O–H groups in total. The number of hydrogen-bond acceptors (Lipinski definition) is 1. The largest absolute Gasteiger partial charge is 0.452 e. The summed E-state index contributed by atoms with van der Waals surface area (Å²) in [5.74, 6) is -1.24. The number of benzene rings is 3. The van der Waals surface area contributed by atoms with E-state index in [0.717, 1.165) is 26.4 Å². The minimum atomic E-state index is -4.53. The smallest absolute Gasteiger partial charge is 0.449 e. The zero-order valence-corrected chi connectivity index (χ0v) is 14.4. The van der Waals surface area contributed by atoms with Crippen LogP contribution in [0.5, 0.6) is 5.75 Å². The summed E-state index contributed by atoms with van der Waals surface area (Å²) in [6.07, 6.45) is -3.36. The predicted octanol–water partition coefficient (Wildman–Crippen LogP) is 6.57. The third kappa shape index (κ3) is 2.93. The molecule has 1 nitrogen and oxygen atoms in total. The molecule has 1 heterocycles. The van der Waals surface area contributed by atoms with Gasteiger partial charge in [-0.1, -0.05) is 58.4 Å². The minimum Gasteiger partial charge on any atom is -0.452 e. The van der Waals surface area contributed by atoms with E-state index in [9.17, 15) is 13.2 Å². The highest BCUT2D eigenvalue weighted by atomic mass is 79.9. The van der Waals surface area contributed by atoms with Crippen LogP contribution in [0.25, 0.3) is 10.8 Å². The predicted molar refractivity (Wildman–Crippen MR) is 94.7 cm³/mol. The SMILES string of the molecule is FC(F)(F)C1=CC(c2ccccc2)c2c(ccc3cc(Br)ccc23)O1. The standard InChI is InChI=1S/C20H12BrF3O/c21-14-7-8-15-13(10-14)6-9-17-19(15)16(12-4-2-1-3-5-12)11-18(25-17)20(22,23)24/h1-11,16H. The van der Waals surface area contributed by atoms with E-state index in [2.05, 4.69) is 15.9 Å². The Morgan fingerprint density at radius 3 is 2.40 bits per heavy atom. The molecule has 0 saturated carbocycles. The van der Waals surface area contributed by atoms with Gasteiger partial charge < -0.3 is 4.74 Å². The van der Waals surface area contributed by atoms with E-state index < -0.39 is 17.9 Å². The lowest BCUT2D eigenvalue weighted by molar-refractivity contribution is -0.117. The van der Waals surface area contributed by atoms with Gasteiger partial charge in [-0.15, -0.1) is 0 Å². The summed E-state index contributed by atoms with van der Waals surface area (Å²) in [7, 11) is 0. The van der Waals surface area contributed by atoms with Gasteiger partial charge in [-0.25, -0.2) is 0 Å². The number of hydrogen-bond donors (Lipinski definition) is 0. The van der Waals surface area contributed by atoms with Crippen molar-refractivity contribution >= 4 is 26.7 Å². The summed E-state index contributed by atoms with van der Waals surface area (Å²) in [4.78, 5) is 0. The minimum absolute atomic E-state index is 0.249. The quantitative estimate of drug-likeness (QED) is 0.445. The third-order valence-corrected chi connectivity index (χ3v) is 4.76. The summed E-state index contributed by atoms with van der Waals surface area (Å²) in [5, 5.41) is 1.83. The Bertz CT molecular complexity index is 977. The van der Waals surface area contributed by atoms with Gasteiger partial charge in [-0.05, 0) is 40.6 Å². The van der Waals surface area contributed by atoms with Gasteiger partial charge in [-0.2, -0.15) is 13.2 Å². The van der Waals surface area contributed by atoms with Crippen LogP contribution in [0.3, 0.4) is 0 Å². The summed E-state index contributed by atoms with van der Waals surface area (Å²) in [6.45, 7) is 0. The second kappa shape index (κ2) is 5.92. The van der Waals surface area contributed by atoms with Crippen molar-refractivity contribution < 1.29 is 17.9 Å². The fourth-order valence-electron chi connectivity index (χ4n) is 3.18. The van der Waals surface area contributed by atoms with E-state index in [1.807, 2.05) is 48.5 Å². The monoisotopic (exact) mass is 404 g/mol. The average molecular weight is 405 g/mol. The first-order valence-electron chi connectivity index (χ1n) is 7.67. The van der Waals surface area contributed by atoms with E-state index in [1.165, 1.54) is 6.08 Å². The van der Waals surface area contributed by atoms with E-state index in [1.54, 1.807) is 12.1 Å².